The fraction of sp³-hybridized carbons (Fsp3) is 0.105. The van der Waals surface area contributed by atoms with Gasteiger partial charge in [0.15, 0.2) is 6.61 Å². The lowest BCUT2D eigenvalue weighted by Gasteiger charge is -2.11. The number of rotatable bonds is 6. The number of amides is 1. The number of hydrazine groups is 1. The number of nitrogens with one attached hydrogen (secondary N) is 2. The molecule has 0 aliphatic carbocycles. The number of ether oxygens (including phenoxy) is 1. The maximum absolute atomic E-state index is 12.3. The molecule has 0 aromatic heterocycles. The van der Waals surface area contributed by atoms with E-state index in [2.05, 4.69) is 10.3 Å². The molecule has 0 saturated carbocycles. The fourth-order valence-corrected chi connectivity index (χ4v) is 3.31. The molecular weight excluding hydrogens is 352 g/mol. The van der Waals surface area contributed by atoms with Crippen molar-refractivity contribution in [2.45, 2.75) is 11.8 Å². The largest absolute Gasteiger partial charge is 0.483 e. The number of fused-ring (bicyclic) bond motifs is 1. The zero-order valence-corrected chi connectivity index (χ0v) is 14.9. The quantitative estimate of drug-likeness (QED) is 0.653. The molecule has 1 amide bonds. The lowest BCUT2D eigenvalue weighted by atomic mass is 10.1. The molecular formula is C19H18N2O4S. The lowest BCUT2D eigenvalue weighted by molar-refractivity contribution is -0.123. The predicted molar refractivity (Wildman–Crippen MR) is 99.1 cm³/mol. The topological polar surface area (TPSA) is 84.5 Å². The number of aryl methyl sites for hydroxylation is 1. The van der Waals surface area contributed by atoms with E-state index < -0.39 is 15.9 Å². The van der Waals surface area contributed by atoms with Gasteiger partial charge in [0.1, 0.15) is 5.75 Å². The van der Waals surface area contributed by atoms with Crippen LogP contribution in [-0.2, 0) is 14.8 Å². The Labute approximate surface area is 151 Å². The van der Waals surface area contributed by atoms with Gasteiger partial charge >= 0.3 is 0 Å². The average molecular weight is 370 g/mol. The van der Waals surface area contributed by atoms with E-state index in [-0.39, 0.29) is 11.5 Å². The highest BCUT2D eigenvalue weighted by molar-refractivity contribution is 7.89. The summed E-state index contributed by atoms with van der Waals surface area (Å²) in [7, 11) is -3.88. The Morgan fingerprint density at radius 3 is 2.42 bits per heavy atom. The van der Waals surface area contributed by atoms with E-state index in [1.165, 1.54) is 6.07 Å². The minimum atomic E-state index is -3.88. The van der Waals surface area contributed by atoms with Crippen molar-refractivity contribution in [3.8, 4) is 5.75 Å². The van der Waals surface area contributed by atoms with Crippen LogP contribution in [-0.4, -0.2) is 20.9 Å². The van der Waals surface area contributed by atoms with Gasteiger partial charge in [0.25, 0.3) is 15.9 Å². The maximum atomic E-state index is 12.3. The van der Waals surface area contributed by atoms with Gasteiger partial charge in [0.2, 0.25) is 0 Å². The van der Waals surface area contributed by atoms with E-state index in [4.69, 9.17) is 4.74 Å². The molecule has 3 aromatic carbocycles. The van der Waals surface area contributed by atoms with Crippen molar-refractivity contribution in [3.05, 3.63) is 72.3 Å². The number of hydrogen-bond acceptors (Lipinski definition) is 4. The molecule has 2 N–H and O–H groups in total. The zero-order chi connectivity index (χ0) is 18.6. The van der Waals surface area contributed by atoms with Gasteiger partial charge in [-0.3, -0.25) is 10.2 Å². The third kappa shape index (κ3) is 4.19. The van der Waals surface area contributed by atoms with E-state index >= 15 is 0 Å². The van der Waals surface area contributed by atoms with Crippen LogP contribution >= 0.6 is 0 Å². The highest BCUT2D eigenvalue weighted by atomic mass is 32.2. The van der Waals surface area contributed by atoms with Crippen LogP contribution in [0.1, 0.15) is 5.56 Å². The first-order chi connectivity index (χ1) is 12.5. The first kappa shape index (κ1) is 17.9. The molecule has 0 saturated heterocycles. The van der Waals surface area contributed by atoms with E-state index in [1.807, 2.05) is 43.3 Å². The lowest BCUT2D eigenvalue weighted by Crippen LogP contribution is -2.43. The van der Waals surface area contributed by atoms with Crippen molar-refractivity contribution in [1.29, 1.82) is 0 Å². The molecule has 0 aliphatic rings. The molecule has 0 radical (unpaired) electrons. The molecule has 26 heavy (non-hydrogen) atoms. The van der Waals surface area contributed by atoms with E-state index in [0.29, 0.717) is 5.75 Å². The van der Waals surface area contributed by atoms with Gasteiger partial charge in [0, 0.05) is 0 Å². The molecule has 0 bridgehead atoms. The summed E-state index contributed by atoms with van der Waals surface area (Å²) in [5, 5.41) is 1.73. The summed E-state index contributed by atoms with van der Waals surface area (Å²) in [6.45, 7) is 1.56. The van der Waals surface area contributed by atoms with Gasteiger partial charge in [0.05, 0.1) is 4.90 Å². The number of sulfonamides is 1. The van der Waals surface area contributed by atoms with Crippen molar-refractivity contribution in [1.82, 2.24) is 10.3 Å². The fourth-order valence-electron chi connectivity index (χ4n) is 2.42. The monoisotopic (exact) mass is 370 g/mol. The third-order valence-corrected chi connectivity index (χ3v) is 5.05. The van der Waals surface area contributed by atoms with Crippen molar-refractivity contribution >= 4 is 26.7 Å². The second-order valence-corrected chi connectivity index (χ2v) is 7.40. The van der Waals surface area contributed by atoms with Crippen LogP contribution in [0.5, 0.6) is 5.75 Å². The number of hydrogen-bond donors (Lipinski definition) is 2. The van der Waals surface area contributed by atoms with Crippen LogP contribution in [0.25, 0.3) is 10.8 Å². The molecule has 0 unspecified atom stereocenters. The Balaban J connectivity index is 1.62. The van der Waals surface area contributed by atoms with Crippen LogP contribution in [0, 0.1) is 6.92 Å². The summed E-state index contributed by atoms with van der Waals surface area (Å²) in [6, 6.07) is 19.4. The summed E-state index contributed by atoms with van der Waals surface area (Å²) in [4.78, 5) is 14.0. The number of para-hydroxylation sites is 1. The minimum Gasteiger partial charge on any atom is -0.483 e. The average Bonchev–Trinajstić information content (AvgIpc) is 2.65. The van der Waals surface area contributed by atoms with E-state index in [9.17, 15) is 13.2 Å². The third-order valence-electron chi connectivity index (χ3n) is 3.81. The predicted octanol–water partition coefficient (Wildman–Crippen LogP) is 2.54. The number of benzene rings is 3. The molecule has 7 heteroatoms. The van der Waals surface area contributed by atoms with Gasteiger partial charge in [-0.1, -0.05) is 48.5 Å². The maximum Gasteiger partial charge on any atom is 0.272 e. The van der Waals surface area contributed by atoms with Crippen molar-refractivity contribution in [2.75, 3.05) is 6.61 Å². The molecule has 0 atom stereocenters. The van der Waals surface area contributed by atoms with Crippen LogP contribution in [0.3, 0.4) is 0 Å². The highest BCUT2D eigenvalue weighted by Gasteiger charge is 2.16. The number of carbonyl (C=O) groups excluding carboxylic acids is 1. The van der Waals surface area contributed by atoms with Crippen LogP contribution in [0.15, 0.2) is 71.6 Å². The van der Waals surface area contributed by atoms with E-state index in [0.717, 1.165) is 16.3 Å². The van der Waals surface area contributed by atoms with Gasteiger partial charge < -0.3 is 4.74 Å². The SMILES string of the molecule is Cc1ccccc1OCC(=O)NNS(=O)(=O)c1ccc2ccccc2c1. The van der Waals surface area contributed by atoms with Crippen molar-refractivity contribution in [3.63, 3.8) is 0 Å². The van der Waals surface area contributed by atoms with Gasteiger partial charge in [-0.05, 0) is 41.5 Å². The molecule has 6 nitrogen and oxygen atoms in total. The first-order valence-electron chi connectivity index (χ1n) is 7.93. The van der Waals surface area contributed by atoms with Crippen LogP contribution < -0.4 is 15.0 Å². The molecule has 3 aromatic rings. The summed E-state index contributed by atoms with van der Waals surface area (Å²) in [6.07, 6.45) is 0. The van der Waals surface area contributed by atoms with Crippen LogP contribution in [0.4, 0.5) is 0 Å². The first-order valence-corrected chi connectivity index (χ1v) is 9.42. The normalized spacial score (nSPS) is 11.3. The second kappa shape index (κ2) is 7.55. The van der Waals surface area contributed by atoms with Crippen LogP contribution in [0.2, 0.25) is 0 Å². The molecule has 0 heterocycles. The van der Waals surface area contributed by atoms with Gasteiger partial charge in [-0.15, -0.1) is 4.83 Å². The Kier molecular flexibility index (Phi) is 5.20. The minimum absolute atomic E-state index is 0.0660. The summed E-state index contributed by atoms with van der Waals surface area (Å²) >= 11 is 0. The zero-order valence-electron chi connectivity index (χ0n) is 14.1. The van der Waals surface area contributed by atoms with Gasteiger partial charge in [-0.25, -0.2) is 8.42 Å². The van der Waals surface area contributed by atoms with Gasteiger partial charge in [-0.2, -0.15) is 0 Å². The summed E-state index contributed by atoms with van der Waals surface area (Å²) in [5.41, 5.74) is 3.04. The molecule has 0 aliphatic heterocycles. The molecule has 0 spiro atoms. The Hall–Kier alpha value is -2.90. The van der Waals surface area contributed by atoms with Crippen molar-refractivity contribution < 1.29 is 17.9 Å². The highest BCUT2D eigenvalue weighted by Crippen LogP contribution is 2.18. The molecule has 0 fully saturated rings. The summed E-state index contributed by atoms with van der Waals surface area (Å²) in [5.74, 6) is -0.0300. The summed E-state index contributed by atoms with van der Waals surface area (Å²) < 4.78 is 30.1. The molecule has 3 rings (SSSR count). The standard InChI is InChI=1S/C19H18N2O4S/c1-14-6-2-5-9-18(14)25-13-19(22)20-21-26(23,24)17-11-10-15-7-3-4-8-16(15)12-17/h2-12,21H,13H2,1H3,(H,20,22). The second-order valence-electron chi connectivity index (χ2n) is 5.72. The smallest absolute Gasteiger partial charge is 0.272 e. The Morgan fingerprint density at radius 1 is 0.962 bits per heavy atom. The molecule has 134 valence electrons. The number of carbonyl (C=O) groups is 1. The Morgan fingerprint density at radius 2 is 1.65 bits per heavy atom. The Bertz CT molecular complexity index is 1050. The van der Waals surface area contributed by atoms with Crippen molar-refractivity contribution in [2.24, 2.45) is 0 Å². The van der Waals surface area contributed by atoms with E-state index in [1.54, 1.807) is 24.3 Å².